The molecular weight excluding hydrogens is 352 g/mol. The molecular formula is C19H25ClN4O2. The molecule has 0 radical (unpaired) electrons. The summed E-state index contributed by atoms with van der Waals surface area (Å²) in [5, 5.41) is 10.4. The van der Waals surface area contributed by atoms with Crippen molar-refractivity contribution in [2.24, 2.45) is 5.92 Å². The highest BCUT2D eigenvalue weighted by atomic mass is 35.5. The molecule has 0 aliphatic carbocycles. The molecule has 0 aliphatic rings. The van der Waals surface area contributed by atoms with Gasteiger partial charge in [-0.3, -0.25) is 14.3 Å². The zero-order valence-corrected chi connectivity index (χ0v) is 15.9. The molecule has 140 valence electrons. The molecule has 0 bridgehead atoms. The molecule has 0 fully saturated rings. The van der Waals surface area contributed by atoms with E-state index < -0.39 is 6.04 Å². The number of rotatable bonds is 9. The second-order valence-electron chi connectivity index (χ2n) is 6.58. The summed E-state index contributed by atoms with van der Waals surface area (Å²) >= 11 is 5.85. The number of amides is 2. The zero-order valence-electron chi connectivity index (χ0n) is 15.1. The Balaban J connectivity index is 1.87. The van der Waals surface area contributed by atoms with Crippen LogP contribution in [0, 0.1) is 5.92 Å². The molecule has 2 rings (SSSR count). The number of benzene rings is 1. The third-order valence-electron chi connectivity index (χ3n) is 3.86. The van der Waals surface area contributed by atoms with Gasteiger partial charge in [0, 0.05) is 36.1 Å². The fraction of sp³-hybridized carbons (Fsp3) is 0.421. The van der Waals surface area contributed by atoms with Crippen LogP contribution >= 0.6 is 11.6 Å². The standard InChI is InChI=1S/C19H25ClN4O2/c1-14(2)13-17(23-18(25)15-5-7-16(20)8-6-15)19(26)21-9-3-11-24-12-4-10-22-24/h4-8,10,12,14,17H,3,9,11,13H2,1-2H3,(H,21,26)(H,23,25)/t17-/m0/s1. The Morgan fingerprint density at radius 1 is 1.23 bits per heavy atom. The fourth-order valence-corrected chi connectivity index (χ4v) is 2.68. The van der Waals surface area contributed by atoms with Crippen molar-refractivity contribution in [3.63, 3.8) is 0 Å². The van der Waals surface area contributed by atoms with E-state index in [0.29, 0.717) is 23.6 Å². The zero-order chi connectivity index (χ0) is 18.9. The van der Waals surface area contributed by atoms with Crippen LogP contribution in [0.25, 0.3) is 0 Å². The third-order valence-corrected chi connectivity index (χ3v) is 4.11. The summed E-state index contributed by atoms with van der Waals surface area (Å²) in [6, 6.07) is 7.90. The van der Waals surface area contributed by atoms with Gasteiger partial charge in [-0.1, -0.05) is 25.4 Å². The summed E-state index contributed by atoms with van der Waals surface area (Å²) in [4.78, 5) is 24.9. The monoisotopic (exact) mass is 376 g/mol. The van der Waals surface area contributed by atoms with Crippen molar-refractivity contribution in [3.05, 3.63) is 53.3 Å². The van der Waals surface area contributed by atoms with E-state index >= 15 is 0 Å². The number of aryl methyl sites for hydroxylation is 1. The van der Waals surface area contributed by atoms with E-state index in [1.165, 1.54) is 0 Å². The van der Waals surface area contributed by atoms with Crippen molar-refractivity contribution in [1.82, 2.24) is 20.4 Å². The number of hydrogen-bond acceptors (Lipinski definition) is 3. The fourth-order valence-electron chi connectivity index (χ4n) is 2.55. The Morgan fingerprint density at radius 3 is 2.58 bits per heavy atom. The molecule has 0 saturated heterocycles. The number of nitrogens with zero attached hydrogens (tertiary/aromatic N) is 2. The number of hydrogen-bond donors (Lipinski definition) is 2. The van der Waals surface area contributed by atoms with Gasteiger partial charge in [0.25, 0.3) is 5.91 Å². The van der Waals surface area contributed by atoms with Crippen molar-refractivity contribution in [3.8, 4) is 0 Å². The van der Waals surface area contributed by atoms with Gasteiger partial charge in [0.1, 0.15) is 6.04 Å². The van der Waals surface area contributed by atoms with Crippen LogP contribution in [0.4, 0.5) is 0 Å². The molecule has 0 unspecified atom stereocenters. The average Bonchev–Trinajstić information content (AvgIpc) is 3.11. The lowest BCUT2D eigenvalue weighted by Crippen LogP contribution is -2.47. The average molecular weight is 377 g/mol. The predicted octanol–water partition coefficient (Wildman–Crippen LogP) is 2.89. The van der Waals surface area contributed by atoms with E-state index in [4.69, 9.17) is 11.6 Å². The first-order valence-corrected chi connectivity index (χ1v) is 9.15. The molecule has 2 amide bonds. The molecule has 2 aromatic rings. The van der Waals surface area contributed by atoms with Gasteiger partial charge in [0.2, 0.25) is 5.91 Å². The molecule has 1 aromatic heterocycles. The van der Waals surface area contributed by atoms with Crippen LogP contribution in [0.2, 0.25) is 5.02 Å². The highest BCUT2D eigenvalue weighted by molar-refractivity contribution is 6.30. The molecule has 7 heteroatoms. The topological polar surface area (TPSA) is 76.0 Å². The van der Waals surface area contributed by atoms with E-state index in [-0.39, 0.29) is 17.7 Å². The maximum Gasteiger partial charge on any atom is 0.251 e. The molecule has 2 N–H and O–H groups in total. The van der Waals surface area contributed by atoms with E-state index in [1.54, 1.807) is 30.5 Å². The minimum Gasteiger partial charge on any atom is -0.354 e. The summed E-state index contributed by atoms with van der Waals surface area (Å²) < 4.78 is 1.82. The highest BCUT2D eigenvalue weighted by Gasteiger charge is 2.22. The highest BCUT2D eigenvalue weighted by Crippen LogP contribution is 2.11. The minimum atomic E-state index is -0.567. The number of aromatic nitrogens is 2. The SMILES string of the molecule is CC(C)C[C@H](NC(=O)c1ccc(Cl)cc1)C(=O)NCCCn1cccn1. The van der Waals surface area contributed by atoms with E-state index in [1.807, 2.05) is 30.8 Å². The quantitative estimate of drug-likeness (QED) is 0.661. The summed E-state index contributed by atoms with van der Waals surface area (Å²) in [6.07, 6.45) is 4.95. The first-order chi connectivity index (χ1) is 12.5. The first-order valence-electron chi connectivity index (χ1n) is 8.77. The van der Waals surface area contributed by atoms with Crippen molar-refractivity contribution >= 4 is 23.4 Å². The molecule has 0 spiro atoms. The Kier molecular flexibility index (Phi) is 7.66. The van der Waals surface area contributed by atoms with Crippen LogP contribution in [0.1, 0.15) is 37.0 Å². The Hall–Kier alpha value is -2.34. The van der Waals surface area contributed by atoms with Crippen molar-refractivity contribution in [2.75, 3.05) is 6.54 Å². The van der Waals surface area contributed by atoms with Gasteiger partial charge in [-0.25, -0.2) is 0 Å². The lowest BCUT2D eigenvalue weighted by Gasteiger charge is -2.20. The van der Waals surface area contributed by atoms with Gasteiger partial charge in [-0.2, -0.15) is 5.10 Å². The molecule has 1 heterocycles. The predicted molar refractivity (Wildman–Crippen MR) is 102 cm³/mol. The van der Waals surface area contributed by atoms with Crippen LogP contribution in [-0.2, 0) is 11.3 Å². The maximum atomic E-state index is 12.5. The number of halogens is 1. The normalized spacial score (nSPS) is 12.0. The van der Waals surface area contributed by atoms with Crippen molar-refractivity contribution in [2.45, 2.75) is 39.3 Å². The van der Waals surface area contributed by atoms with Crippen LogP contribution in [0.3, 0.4) is 0 Å². The Bertz CT molecular complexity index is 699. The molecule has 1 aromatic carbocycles. The van der Waals surface area contributed by atoms with Crippen LogP contribution in [0.5, 0.6) is 0 Å². The maximum absolute atomic E-state index is 12.5. The number of carbonyl (C=O) groups excluding carboxylic acids is 2. The third kappa shape index (κ3) is 6.52. The van der Waals surface area contributed by atoms with Crippen LogP contribution < -0.4 is 10.6 Å². The lowest BCUT2D eigenvalue weighted by atomic mass is 10.0. The Morgan fingerprint density at radius 2 is 1.96 bits per heavy atom. The van der Waals surface area contributed by atoms with Gasteiger partial charge in [0.15, 0.2) is 0 Å². The lowest BCUT2D eigenvalue weighted by molar-refractivity contribution is -0.123. The van der Waals surface area contributed by atoms with Crippen molar-refractivity contribution < 1.29 is 9.59 Å². The van der Waals surface area contributed by atoms with Gasteiger partial charge in [0.05, 0.1) is 0 Å². The first kappa shape index (κ1) is 20.0. The van der Waals surface area contributed by atoms with Gasteiger partial charge >= 0.3 is 0 Å². The van der Waals surface area contributed by atoms with Crippen LogP contribution in [0.15, 0.2) is 42.7 Å². The molecule has 0 aliphatic heterocycles. The smallest absolute Gasteiger partial charge is 0.251 e. The van der Waals surface area contributed by atoms with E-state index in [2.05, 4.69) is 15.7 Å². The molecule has 0 saturated carbocycles. The number of nitrogens with one attached hydrogen (secondary N) is 2. The molecule has 26 heavy (non-hydrogen) atoms. The Labute approximate surface area is 158 Å². The number of carbonyl (C=O) groups is 2. The largest absolute Gasteiger partial charge is 0.354 e. The van der Waals surface area contributed by atoms with E-state index in [0.717, 1.165) is 13.0 Å². The van der Waals surface area contributed by atoms with Gasteiger partial charge in [-0.05, 0) is 49.1 Å². The summed E-state index contributed by atoms with van der Waals surface area (Å²) in [7, 11) is 0. The second kappa shape index (κ2) is 9.97. The molecule has 6 nitrogen and oxygen atoms in total. The summed E-state index contributed by atoms with van der Waals surface area (Å²) in [5.74, 6) is -0.166. The molecule has 1 atom stereocenters. The van der Waals surface area contributed by atoms with Crippen molar-refractivity contribution in [1.29, 1.82) is 0 Å². The van der Waals surface area contributed by atoms with Gasteiger partial charge in [-0.15, -0.1) is 0 Å². The minimum absolute atomic E-state index is 0.165. The second-order valence-corrected chi connectivity index (χ2v) is 7.01. The van der Waals surface area contributed by atoms with E-state index in [9.17, 15) is 9.59 Å². The van der Waals surface area contributed by atoms with Gasteiger partial charge < -0.3 is 10.6 Å². The van der Waals surface area contributed by atoms with Crippen LogP contribution in [-0.4, -0.2) is 34.2 Å². The summed E-state index contributed by atoms with van der Waals surface area (Å²) in [5.41, 5.74) is 0.481. The summed E-state index contributed by atoms with van der Waals surface area (Å²) in [6.45, 7) is 5.31.